The van der Waals surface area contributed by atoms with Crippen molar-refractivity contribution in [2.24, 2.45) is 5.73 Å². The Balaban J connectivity index is 0.000000238. The predicted octanol–water partition coefficient (Wildman–Crippen LogP) is 4.18. The molecule has 0 saturated heterocycles. The monoisotopic (exact) mass is 465 g/mol. The molecule has 0 fully saturated rings. The van der Waals surface area contributed by atoms with Gasteiger partial charge in [0.25, 0.3) is 0 Å². The molecular weight excluding hydrogens is 450 g/mol. The first-order valence-corrected chi connectivity index (χ1v) is 8.92. The van der Waals surface area contributed by atoms with Gasteiger partial charge < -0.3 is 20.3 Å². The molecule has 0 spiro atoms. The van der Waals surface area contributed by atoms with Crippen LogP contribution in [0.2, 0.25) is 0 Å². The van der Waals surface area contributed by atoms with Gasteiger partial charge in [-0.1, -0.05) is 6.07 Å². The normalized spacial score (nSPS) is 9.78. The van der Waals surface area contributed by atoms with E-state index in [4.69, 9.17) is 20.3 Å². The lowest BCUT2D eigenvalue weighted by atomic mass is 10.1. The summed E-state index contributed by atoms with van der Waals surface area (Å²) in [6, 6.07) is 7.40. The molecule has 0 amide bonds. The molecule has 0 atom stereocenters. The van der Waals surface area contributed by atoms with E-state index < -0.39 is 5.97 Å². The van der Waals surface area contributed by atoms with E-state index in [0.29, 0.717) is 11.4 Å². The molecule has 0 aliphatic carbocycles. The van der Waals surface area contributed by atoms with Gasteiger partial charge in [-0.3, -0.25) is 0 Å². The number of carboxylic acid groups (broad SMARTS) is 1. The van der Waals surface area contributed by atoms with Crippen LogP contribution in [-0.4, -0.2) is 31.8 Å². The Hall–Kier alpha value is -1.09. The van der Waals surface area contributed by atoms with Crippen molar-refractivity contribution in [2.75, 3.05) is 20.8 Å². The number of carbonyl (C=O) groups is 1. The second-order valence-electron chi connectivity index (χ2n) is 4.27. The summed E-state index contributed by atoms with van der Waals surface area (Å²) < 4.78 is 11.9. The van der Waals surface area contributed by atoms with Crippen LogP contribution in [0, 0.1) is 0 Å². The Kier molecular flexibility index (Phi) is 8.60. The fourth-order valence-corrected chi connectivity index (χ4v) is 3.53. The number of hydrogen-bond donors (Lipinski definition) is 2. The molecule has 0 bridgehead atoms. The quantitative estimate of drug-likeness (QED) is 0.690. The molecule has 0 radical (unpaired) electrons. The molecule has 0 unspecified atom stereocenters. The minimum Gasteiger partial charge on any atom is -0.493 e. The van der Waals surface area contributed by atoms with Crippen molar-refractivity contribution in [3.8, 4) is 11.5 Å². The topological polar surface area (TPSA) is 81.8 Å². The summed E-state index contributed by atoms with van der Waals surface area (Å²) in [7, 11) is 3.25. The third-order valence-corrected chi connectivity index (χ3v) is 5.98. The summed E-state index contributed by atoms with van der Waals surface area (Å²) in [6.45, 7) is 0.648. The van der Waals surface area contributed by atoms with Crippen molar-refractivity contribution < 1.29 is 19.4 Å². The minimum atomic E-state index is -0.892. The van der Waals surface area contributed by atoms with Crippen molar-refractivity contribution in [1.82, 2.24) is 0 Å². The first-order chi connectivity index (χ1) is 10.9. The van der Waals surface area contributed by atoms with Gasteiger partial charge in [-0.05, 0) is 68.6 Å². The average molecular weight is 467 g/mol. The molecule has 3 N–H and O–H groups in total. The van der Waals surface area contributed by atoms with Crippen molar-refractivity contribution >= 4 is 49.2 Å². The van der Waals surface area contributed by atoms with Crippen molar-refractivity contribution in [2.45, 2.75) is 6.42 Å². The Bertz CT molecular complexity index is 641. The number of hydrogen-bond acceptors (Lipinski definition) is 5. The van der Waals surface area contributed by atoms with Gasteiger partial charge in [0.2, 0.25) is 0 Å². The summed E-state index contributed by atoms with van der Waals surface area (Å²) in [5.41, 5.74) is 6.62. The zero-order valence-electron chi connectivity index (χ0n) is 12.6. The Morgan fingerprint density at radius 2 is 1.87 bits per heavy atom. The summed E-state index contributed by atoms with van der Waals surface area (Å²) in [6.07, 6.45) is 0.861. The van der Waals surface area contributed by atoms with Gasteiger partial charge in [0.1, 0.15) is 4.88 Å². The summed E-state index contributed by atoms with van der Waals surface area (Å²) in [5.74, 6) is 0.619. The summed E-state index contributed by atoms with van der Waals surface area (Å²) in [5, 5.41) is 8.49. The first-order valence-electron chi connectivity index (χ1n) is 6.52. The van der Waals surface area contributed by atoms with Crippen LogP contribution in [0.3, 0.4) is 0 Å². The maximum atomic E-state index is 10.3. The van der Waals surface area contributed by atoms with Crippen LogP contribution in [0.15, 0.2) is 32.5 Å². The highest BCUT2D eigenvalue weighted by Gasteiger charge is 2.09. The molecule has 1 heterocycles. The van der Waals surface area contributed by atoms with Gasteiger partial charge in [0.05, 0.1) is 18.0 Å². The first kappa shape index (κ1) is 20.0. The van der Waals surface area contributed by atoms with Crippen LogP contribution in [0.4, 0.5) is 0 Å². The maximum absolute atomic E-state index is 10.3. The molecular formula is C15H17Br2NO4S. The Labute approximate surface area is 155 Å². The number of carboxylic acids is 1. The van der Waals surface area contributed by atoms with Crippen LogP contribution >= 0.6 is 43.2 Å². The van der Waals surface area contributed by atoms with Gasteiger partial charge in [0.15, 0.2) is 11.5 Å². The van der Waals surface area contributed by atoms with E-state index in [1.54, 1.807) is 20.3 Å². The van der Waals surface area contributed by atoms with Crippen LogP contribution in [0.1, 0.15) is 15.2 Å². The lowest BCUT2D eigenvalue weighted by Crippen LogP contribution is -2.03. The zero-order chi connectivity index (χ0) is 17.4. The number of methoxy groups -OCH3 is 2. The number of halogens is 2. The Morgan fingerprint density at radius 1 is 1.22 bits per heavy atom. The van der Waals surface area contributed by atoms with Crippen LogP contribution in [0.25, 0.3) is 0 Å². The molecule has 0 saturated carbocycles. The number of benzene rings is 1. The van der Waals surface area contributed by atoms with Crippen LogP contribution in [0.5, 0.6) is 11.5 Å². The van der Waals surface area contributed by atoms with E-state index in [1.807, 2.05) is 18.2 Å². The standard InChI is InChI=1S/C10H15NO2.C5H2Br2O2S/c1-12-9-4-3-8(5-6-11)7-10(9)13-2;6-2-1-3(5(8)9)10-4(2)7/h3-4,7H,5-6,11H2,1-2H3;1H,(H,8,9). The number of rotatable bonds is 5. The summed E-state index contributed by atoms with van der Waals surface area (Å²) in [4.78, 5) is 10.7. The van der Waals surface area contributed by atoms with Gasteiger partial charge in [-0.15, -0.1) is 11.3 Å². The van der Waals surface area contributed by atoms with Gasteiger partial charge in [0, 0.05) is 4.47 Å². The smallest absolute Gasteiger partial charge is 0.345 e. The van der Waals surface area contributed by atoms with Crippen LogP contribution < -0.4 is 15.2 Å². The molecule has 1 aromatic carbocycles. The fourth-order valence-electron chi connectivity index (χ4n) is 1.65. The molecule has 0 aliphatic heterocycles. The highest BCUT2D eigenvalue weighted by Crippen LogP contribution is 2.32. The number of thiophene rings is 1. The Morgan fingerprint density at radius 3 is 2.26 bits per heavy atom. The zero-order valence-corrected chi connectivity index (χ0v) is 16.6. The van der Waals surface area contributed by atoms with Crippen molar-refractivity contribution in [1.29, 1.82) is 0 Å². The van der Waals surface area contributed by atoms with E-state index in [-0.39, 0.29) is 0 Å². The number of nitrogens with two attached hydrogens (primary N) is 1. The number of ether oxygens (including phenoxy) is 2. The van der Waals surface area contributed by atoms with Gasteiger partial charge >= 0.3 is 5.97 Å². The van der Waals surface area contributed by atoms with Crippen LogP contribution in [-0.2, 0) is 6.42 Å². The minimum absolute atomic E-state index is 0.332. The molecule has 2 rings (SSSR count). The highest BCUT2D eigenvalue weighted by molar-refractivity contribution is 9.13. The van der Waals surface area contributed by atoms with Crippen molar-refractivity contribution in [3.05, 3.63) is 43.0 Å². The predicted molar refractivity (Wildman–Crippen MR) is 99.0 cm³/mol. The lowest BCUT2D eigenvalue weighted by Gasteiger charge is -2.08. The average Bonchev–Trinajstić information content (AvgIpc) is 2.88. The molecule has 5 nitrogen and oxygen atoms in total. The SMILES string of the molecule is COc1ccc(CCN)cc1OC.O=C(O)c1cc(Br)c(Br)s1. The molecule has 2 aromatic rings. The largest absolute Gasteiger partial charge is 0.493 e. The van der Waals surface area contributed by atoms with Gasteiger partial charge in [-0.25, -0.2) is 4.79 Å². The van der Waals surface area contributed by atoms with E-state index >= 15 is 0 Å². The lowest BCUT2D eigenvalue weighted by molar-refractivity contribution is 0.0702. The molecule has 0 aliphatic rings. The maximum Gasteiger partial charge on any atom is 0.345 e. The van der Waals surface area contributed by atoms with E-state index in [1.165, 1.54) is 16.9 Å². The number of aromatic carboxylic acids is 1. The molecule has 126 valence electrons. The van der Waals surface area contributed by atoms with Gasteiger partial charge in [-0.2, -0.15) is 0 Å². The van der Waals surface area contributed by atoms with E-state index in [2.05, 4.69) is 31.9 Å². The second-order valence-corrected chi connectivity index (χ2v) is 7.49. The molecule has 23 heavy (non-hydrogen) atoms. The van der Waals surface area contributed by atoms with E-state index in [9.17, 15) is 4.79 Å². The fraction of sp³-hybridized carbons (Fsp3) is 0.267. The highest BCUT2D eigenvalue weighted by atomic mass is 79.9. The second kappa shape index (κ2) is 9.92. The summed E-state index contributed by atoms with van der Waals surface area (Å²) >= 11 is 7.57. The third-order valence-electron chi connectivity index (χ3n) is 2.74. The van der Waals surface area contributed by atoms with E-state index in [0.717, 1.165) is 26.2 Å². The molecule has 1 aromatic heterocycles. The van der Waals surface area contributed by atoms with Crippen molar-refractivity contribution in [3.63, 3.8) is 0 Å². The molecule has 8 heteroatoms. The third kappa shape index (κ3) is 6.14.